The van der Waals surface area contributed by atoms with E-state index in [1.165, 1.54) is 0 Å². The first kappa shape index (κ1) is 18.1. The van der Waals surface area contributed by atoms with E-state index < -0.39 is 0 Å². The first-order valence-electron chi connectivity index (χ1n) is 7.92. The Morgan fingerprint density at radius 3 is 2.79 bits per heavy atom. The fourth-order valence-electron chi connectivity index (χ4n) is 2.09. The van der Waals surface area contributed by atoms with E-state index in [0.29, 0.717) is 41.8 Å². The van der Waals surface area contributed by atoms with Crippen molar-refractivity contribution in [1.82, 2.24) is 10.3 Å². The van der Waals surface area contributed by atoms with Crippen molar-refractivity contribution in [3.8, 4) is 11.5 Å². The summed E-state index contributed by atoms with van der Waals surface area (Å²) in [7, 11) is 0. The molecule has 2 rings (SSSR count). The molecule has 1 aromatic carbocycles. The van der Waals surface area contributed by atoms with Gasteiger partial charge in [-0.2, -0.15) is 0 Å². The Kier molecular flexibility index (Phi) is 6.88. The van der Waals surface area contributed by atoms with Crippen molar-refractivity contribution >= 4 is 17.5 Å². The summed E-state index contributed by atoms with van der Waals surface area (Å²) >= 11 is 6.27. The molecule has 0 unspecified atom stereocenters. The van der Waals surface area contributed by atoms with E-state index in [-0.39, 0.29) is 5.91 Å². The molecule has 0 aliphatic carbocycles. The molecule has 0 fully saturated rings. The zero-order chi connectivity index (χ0) is 17.4. The lowest BCUT2D eigenvalue weighted by molar-refractivity contribution is 0.0950. The highest BCUT2D eigenvalue weighted by atomic mass is 35.5. The van der Waals surface area contributed by atoms with Crippen LogP contribution in [0.3, 0.4) is 0 Å². The van der Waals surface area contributed by atoms with E-state index in [0.717, 1.165) is 12.0 Å². The fraction of sp³-hybridized carbons (Fsp3) is 0.333. The number of nitrogens with zero attached hydrogens (tertiary/aromatic N) is 1. The number of aromatic nitrogens is 1. The lowest BCUT2D eigenvalue weighted by Crippen LogP contribution is -2.23. The maximum Gasteiger partial charge on any atom is 0.251 e. The van der Waals surface area contributed by atoms with E-state index in [9.17, 15) is 4.79 Å². The summed E-state index contributed by atoms with van der Waals surface area (Å²) < 4.78 is 11.2. The number of amides is 1. The molecule has 0 atom stereocenters. The van der Waals surface area contributed by atoms with Crippen molar-refractivity contribution in [1.29, 1.82) is 0 Å². The minimum Gasteiger partial charge on any atom is -0.490 e. The van der Waals surface area contributed by atoms with Gasteiger partial charge >= 0.3 is 0 Å². The number of hydrogen-bond donors (Lipinski definition) is 1. The predicted molar refractivity (Wildman–Crippen MR) is 93.8 cm³/mol. The van der Waals surface area contributed by atoms with Gasteiger partial charge < -0.3 is 14.8 Å². The number of carbonyl (C=O) groups excluding carboxylic acids is 1. The van der Waals surface area contributed by atoms with Gasteiger partial charge in [0, 0.05) is 24.5 Å². The second kappa shape index (κ2) is 9.13. The van der Waals surface area contributed by atoms with Crippen LogP contribution in [-0.2, 0) is 6.54 Å². The minimum atomic E-state index is -0.233. The van der Waals surface area contributed by atoms with Gasteiger partial charge in [-0.1, -0.05) is 24.6 Å². The Morgan fingerprint density at radius 2 is 2.12 bits per heavy atom. The van der Waals surface area contributed by atoms with Crippen molar-refractivity contribution < 1.29 is 14.3 Å². The summed E-state index contributed by atoms with van der Waals surface area (Å²) in [5.74, 6) is 0.720. The van der Waals surface area contributed by atoms with E-state index in [1.54, 1.807) is 24.5 Å². The average molecular weight is 349 g/mol. The number of nitrogens with one attached hydrogen (secondary N) is 1. The minimum absolute atomic E-state index is 0.233. The van der Waals surface area contributed by atoms with Crippen LogP contribution in [0, 0.1) is 0 Å². The molecule has 1 N–H and O–H groups in total. The monoisotopic (exact) mass is 348 g/mol. The van der Waals surface area contributed by atoms with Gasteiger partial charge in [-0.05, 0) is 37.1 Å². The molecule has 128 valence electrons. The molecule has 1 aromatic heterocycles. The highest BCUT2D eigenvalue weighted by Gasteiger charge is 2.16. The number of carbonyl (C=O) groups is 1. The molecule has 1 heterocycles. The third kappa shape index (κ3) is 4.86. The number of halogens is 1. The van der Waals surface area contributed by atoms with Crippen LogP contribution in [0.1, 0.15) is 36.2 Å². The van der Waals surface area contributed by atoms with Crippen LogP contribution in [-0.4, -0.2) is 24.1 Å². The number of ether oxygens (including phenoxy) is 2. The Bertz CT molecular complexity index is 677. The molecule has 0 radical (unpaired) electrons. The molecular formula is C18H21ClN2O3. The average Bonchev–Trinajstić information content (AvgIpc) is 2.60. The molecule has 0 bridgehead atoms. The Balaban J connectivity index is 2.15. The van der Waals surface area contributed by atoms with Gasteiger partial charge in [-0.3, -0.25) is 9.78 Å². The standard InChI is InChI=1S/C18H21ClN2O3/c1-3-8-24-17-15(19)9-14(10-16(17)23-4-2)18(22)21-12-13-6-5-7-20-11-13/h5-7,9-11H,3-4,8,12H2,1-2H3,(H,21,22). The molecule has 5 nitrogen and oxygen atoms in total. The highest BCUT2D eigenvalue weighted by molar-refractivity contribution is 6.32. The van der Waals surface area contributed by atoms with E-state index in [4.69, 9.17) is 21.1 Å². The molecule has 0 spiro atoms. The summed E-state index contributed by atoms with van der Waals surface area (Å²) in [6.45, 7) is 5.26. The van der Waals surface area contributed by atoms with Crippen LogP contribution in [0.2, 0.25) is 5.02 Å². The van der Waals surface area contributed by atoms with Crippen molar-refractivity contribution in [2.24, 2.45) is 0 Å². The van der Waals surface area contributed by atoms with Crippen LogP contribution < -0.4 is 14.8 Å². The third-order valence-electron chi connectivity index (χ3n) is 3.20. The molecule has 0 aliphatic heterocycles. The topological polar surface area (TPSA) is 60.5 Å². The van der Waals surface area contributed by atoms with Crippen molar-refractivity contribution in [3.05, 3.63) is 52.8 Å². The summed E-state index contributed by atoms with van der Waals surface area (Å²) in [5.41, 5.74) is 1.35. The van der Waals surface area contributed by atoms with Gasteiger partial charge in [-0.25, -0.2) is 0 Å². The number of benzene rings is 1. The Morgan fingerprint density at radius 1 is 1.29 bits per heavy atom. The summed E-state index contributed by atoms with van der Waals surface area (Å²) in [4.78, 5) is 16.4. The zero-order valence-electron chi connectivity index (χ0n) is 13.8. The molecule has 6 heteroatoms. The highest BCUT2D eigenvalue weighted by Crippen LogP contribution is 2.36. The van der Waals surface area contributed by atoms with Crippen LogP contribution >= 0.6 is 11.6 Å². The number of rotatable bonds is 8. The molecule has 2 aromatic rings. The van der Waals surface area contributed by atoms with Crippen LogP contribution in [0.4, 0.5) is 0 Å². The second-order valence-electron chi connectivity index (χ2n) is 5.11. The van der Waals surface area contributed by atoms with Crippen molar-refractivity contribution in [3.63, 3.8) is 0 Å². The predicted octanol–water partition coefficient (Wildman–Crippen LogP) is 3.85. The third-order valence-corrected chi connectivity index (χ3v) is 3.48. The van der Waals surface area contributed by atoms with Crippen LogP contribution in [0.5, 0.6) is 11.5 Å². The first-order chi connectivity index (χ1) is 11.7. The summed E-state index contributed by atoms with van der Waals surface area (Å²) in [6.07, 6.45) is 4.25. The quantitative estimate of drug-likeness (QED) is 0.787. The smallest absolute Gasteiger partial charge is 0.251 e. The SMILES string of the molecule is CCCOc1c(Cl)cc(C(=O)NCc2cccnc2)cc1OCC. The van der Waals surface area contributed by atoms with Gasteiger partial charge in [-0.15, -0.1) is 0 Å². The largest absolute Gasteiger partial charge is 0.490 e. The molecule has 0 aliphatic rings. The van der Waals surface area contributed by atoms with E-state index in [1.807, 2.05) is 26.0 Å². The molecule has 0 saturated carbocycles. The zero-order valence-corrected chi connectivity index (χ0v) is 14.6. The fourth-order valence-corrected chi connectivity index (χ4v) is 2.36. The summed E-state index contributed by atoms with van der Waals surface area (Å²) in [6, 6.07) is 6.96. The van der Waals surface area contributed by atoms with Crippen molar-refractivity contribution in [2.75, 3.05) is 13.2 Å². The lowest BCUT2D eigenvalue weighted by Gasteiger charge is -2.15. The number of pyridine rings is 1. The molecule has 0 saturated heterocycles. The molecule has 24 heavy (non-hydrogen) atoms. The second-order valence-corrected chi connectivity index (χ2v) is 5.52. The molecular weight excluding hydrogens is 328 g/mol. The normalized spacial score (nSPS) is 10.3. The Hall–Kier alpha value is -2.27. The number of hydrogen-bond acceptors (Lipinski definition) is 4. The summed E-state index contributed by atoms with van der Waals surface area (Å²) in [5, 5.41) is 3.20. The maximum absolute atomic E-state index is 12.4. The van der Waals surface area contributed by atoms with Gasteiger partial charge in [0.1, 0.15) is 0 Å². The van der Waals surface area contributed by atoms with Crippen LogP contribution in [0.15, 0.2) is 36.7 Å². The lowest BCUT2D eigenvalue weighted by atomic mass is 10.1. The molecule has 1 amide bonds. The van der Waals surface area contributed by atoms with E-state index in [2.05, 4.69) is 10.3 Å². The van der Waals surface area contributed by atoms with Crippen molar-refractivity contribution in [2.45, 2.75) is 26.8 Å². The van der Waals surface area contributed by atoms with Gasteiger partial charge in [0.2, 0.25) is 0 Å². The Labute approximate surface area is 147 Å². The van der Waals surface area contributed by atoms with E-state index >= 15 is 0 Å². The maximum atomic E-state index is 12.4. The first-order valence-corrected chi connectivity index (χ1v) is 8.29. The van der Waals surface area contributed by atoms with Gasteiger partial charge in [0.25, 0.3) is 5.91 Å². The van der Waals surface area contributed by atoms with Crippen LogP contribution in [0.25, 0.3) is 0 Å². The van der Waals surface area contributed by atoms with Gasteiger partial charge in [0.15, 0.2) is 11.5 Å². The van der Waals surface area contributed by atoms with Gasteiger partial charge in [0.05, 0.1) is 18.2 Å².